The van der Waals surface area contributed by atoms with Crippen LogP contribution in [0.1, 0.15) is 28.9 Å². The Morgan fingerprint density at radius 2 is 2.35 bits per heavy atom. The maximum Gasteiger partial charge on any atom is 0.273 e. The molecule has 1 atom stereocenters. The number of pyridine rings is 1. The number of nitrogens with zero attached hydrogens (tertiary/aromatic N) is 2. The van der Waals surface area contributed by atoms with Crippen molar-refractivity contribution < 1.29 is 15.0 Å². The number of likely N-dealkylation sites (tertiary alicyclic amines) is 1. The Hall–Kier alpha value is -1.90. The molecular formula is C15H18N2O3. The molecule has 0 bridgehead atoms. The van der Waals surface area contributed by atoms with Crippen LogP contribution in [-0.2, 0) is 0 Å². The molecular weight excluding hydrogens is 256 g/mol. The number of rotatable bonds is 2. The second kappa shape index (κ2) is 7.04. The molecule has 2 rings (SSSR count). The van der Waals surface area contributed by atoms with Gasteiger partial charge in [-0.05, 0) is 30.9 Å². The van der Waals surface area contributed by atoms with Crippen molar-refractivity contribution in [2.75, 3.05) is 26.3 Å². The highest BCUT2D eigenvalue weighted by Crippen LogP contribution is 2.18. The minimum atomic E-state index is -0.251. The molecule has 2 heterocycles. The summed E-state index contributed by atoms with van der Waals surface area (Å²) in [6.07, 6.45) is 3.39. The first kappa shape index (κ1) is 14.5. The molecule has 5 nitrogen and oxygen atoms in total. The molecule has 106 valence electrons. The van der Waals surface area contributed by atoms with Crippen LogP contribution in [-0.4, -0.2) is 52.3 Å². The van der Waals surface area contributed by atoms with Crippen molar-refractivity contribution in [1.29, 1.82) is 0 Å². The van der Waals surface area contributed by atoms with E-state index in [1.807, 2.05) is 0 Å². The van der Waals surface area contributed by atoms with Gasteiger partial charge in [-0.1, -0.05) is 11.8 Å². The summed E-state index contributed by atoms with van der Waals surface area (Å²) in [6, 6.07) is 3.43. The molecule has 20 heavy (non-hydrogen) atoms. The lowest BCUT2D eigenvalue weighted by Gasteiger charge is -2.31. The van der Waals surface area contributed by atoms with Crippen molar-refractivity contribution in [2.24, 2.45) is 5.92 Å². The lowest BCUT2D eigenvalue weighted by Crippen LogP contribution is -2.41. The number of hydrogen-bond acceptors (Lipinski definition) is 4. The average molecular weight is 274 g/mol. The number of carbonyl (C=O) groups excluding carboxylic acids is 1. The standard InChI is InChI=1S/C15H18N2O3/c18-9-3-6-13-5-1-7-16-14(13)15(20)17-8-2-4-12(10-17)11-19/h1,5,7,12,18-19H,2,4,8-11H2. The number of carbonyl (C=O) groups is 1. The first-order chi connectivity index (χ1) is 9.76. The van der Waals surface area contributed by atoms with Gasteiger partial charge < -0.3 is 15.1 Å². The molecule has 1 amide bonds. The van der Waals surface area contributed by atoms with Crippen molar-refractivity contribution in [3.05, 3.63) is 29.6 Å². The molecule has 1 saturated heterocycles. The number of aliphatic hydroxyl groups excluding tert-OH is 2. The molecule has 1 aliphatic heterocycles. The summed E-state index contributed by atoms with van der Waals surface area (Å²) in [7, 11) is 0. The summed E-state index contributed by atoms with van der Waals surface area (Å²) >= 11 is 0. The Balaban J connectivity index is 2.20. The van der Waals surface area contributed by atoms with E-state index in [0.717, 1.165) is 12.8 Å². The van der Waals surface area contributed by atoms with Crippen LogP contribution in [0, 0.1) is 17.8 Å². The van der Waals surface area contributed by atoms with Crippen LogP contribution in [0.5, 0.6) is 0 Å². The highest BCUT2D eigenvalue weighted by atomic mass is 16.3. The van der Waals surface area contributed by atoms with Gasteiger partial charge in [0.2, 0.25) is 0 Å². The number of hydrogen-bond donors (Lipinski definition) is 2. The largest absolute Gasteiger partial charge is 0.396 e. The molecule has 1 unspecified atom stereocenters. The summed E-state index contributed by atoms with van der Waals surface area (Å²) in [6.45, 7) is 1.08. The fraction of sp³-hybridized carbons (Fsp3) is 0.467. The van der Waals surface area contributed by atoms with Crippen LogP contribution < -0.4 is 0 Å². The van der Waals surface area contributed by atoms with Crippen LogP contribution in [0.4, 0.5) is 0 Å². The predicted molar refractivity (Wildman–Crippen MR) is 73.9 cm³/mol. The quantitative estimate of drug-likeness (QED) is 0.759. The SMILES string of the molecule is O=C(c1ncccc1C#CCO)N1CCCC(CO)C1. The lowest BCUT2D eigenvalue weighted by atomic mass is 9.98. The summed E-state index contributed by atoms with van der Waals surface area (Å²) in [4.78, 5) is 18.3. The van der Waals surface area contributed by atoms with Crippen molar-refractivity contribution >= 4 is 5.91 Å². The van der Waals surface area contributed by atoms with Crippen molar-refractivity contribution in [3.63, 3.8) is 0 Å². The van der Waals surface area contributed by atoms with Crippen LogP contribution in [0.15, 0.2) is 18.3 Å². The van der Waals surface area contributed by atoms with Gasteiger partial charge in [0, 0.05) is 25.9 Å². The van der Waals surface area contributed by atoms with E-state index in [-0.39, 0.29) is 25.0 Å². The van der Waals surface area contributed by atoms with Crippen molar-refractivity contribution in [2.45, 2.75) is 12.8 Å². The molecule has 0 radical (unpaired) electrons. The van der Waals surface area contributed by atoms with Crippen LogP contribution >= 0.6 is 0 Å². The third kappa shape index (κ3) is 3.35. The maximum atomic E-state index is 12.5. The number of aliphatic hydroxyl groups is 2. The highest BCUT2D eigenvalue weighted by Gasteiger charge is 2.25. The third-order valence-electron chi connectivity index (χ3n) is 3.38. The zero-order valence-corrected chi connectivity index (χ0v) is 11.2. The molecule has 0 saturated carbocycles. The van der Waals surface area contributed by atoms with E-state index in [2.05, 4.69) is 16.8 Å². The van der Waals surface area contributed by atoms with Crippen LogP contribution in [0.3, 0.4) is 0 Å². The zero-order valence-electron chi connectivity index (χ0n) is 11.2. The summed E-state index contributed by atoms with van der Waals surface area (Å²) in [5.74, 6) is 5.27. The lowest BCUT2D eigenvalue weighted by molar-refractivity contribution is 0.0614. The van der Waals surface area contributed by atoms with Gasteiger partial charge in [-0.25, -0.2) is 4.98 Å². The van der Waals surface area contributed by atoms with Gasteiger partial charge in [-0.3, -0.25) is 4.79 Å². The van der Waals surface area contributed by atoms with Gasteiger partial charge in [-0.15, -0.1) is 0 Å². The molecule has 1 aromatic rings. The second-order valence-electron chi connectivity index (χ2n) is 4.80. The van der Waals surface area contributed by atoms with Gasteiger partial charge in [0.25, 0.3) is 5.91 Å². The number of aromatic nitrogens is 1. The average Bonchev–Trinajstić information content (AvgIpc) is 2.52. The number of amides is 1. The van der Waals surface area contributed by atoms with E-state index in [9.17, 15) is 9.90 Å². The predicted octanol–water partition coefficient (Wildman–Crippen LogP) is 0.270. The van der Waals surface area contributed by atoms with E-state index < -0.39 is 0 Å². The summed E-state index contributed by atoms with van der Waals surface area (Å²) < 4.78 is 0. The topological polar surface area (TPSA) is 73.7 Å². The van der Waals surface area contributed by atoms with Crippen LogP contribution in [0.2, 0.25) is 0 Å². The maximum absolute atomic E-state index is 12.5. The van der Waals surface area contributed by atoms with Gasteiger partial charge >= 0.3 is 0 Å². The Labute approximate surface area is 118 Å². The molecule has 1 aromatic heterocycles. The van der Waals surface area contributed by atoms with E-state index in [1.165, 1.54) is 0 Å². The first-order valence-corrected chi connectivity index (χ1v) is 6.71. The van der Waals surface area contributed by atoms with Crippen molar-refractivity contribution in [3.8, 4) is 11.8 Å². The molecule has 0 aliphatic carbocycles. The minimum Gasteiger partial charge on any atom is -0.396 e. The third-order valence-corrected chi connectivity index (χ3v) is 3.38. The van der Waals surface area contributed by atoms with Crippen molar-refractivity contribution in [1.82, 2.24) is 9.88 Å². The molecule has 2 N–H and O–H groups in total. The van der Waals surface area contributed by atoms with E-state index in [1.54, 1.807) is 23.2 Å². The van der Waals surface area contributed by atoms with Gasteiger partial charge in [0.1, 0.15) is 12.3 Å². The minimum absolute atomic E-state index is 0.100. The highest BCUT2D eigenvalue weighted by molar-refractivity contribution is 5.94. The summed E-state index contributed by atoms with van der Waals surface area (Å²) in [5.41, 5.74) is 0.838. The van der Waals surface area contributed by atoms with E-state index >= 15 is 0 Å². The van der Waals surface area contributed by atoms with E-state index in [0.29, 0.717) is 24.3 Å². The molecule has 0 aromatic carbocycles. The smallest absolute Gasteiger partial charge is 0.273 e. The van der Waals surface area contributed by atoms with Crippen LogP contribution in [0.25, 0.3) is 0 Å². The molecule has 1 fully saturated rings. The Morgan fingerprint density at radius 1 is 1.50 bits per heavy atom. The molecule has 0 spiro atoms. The number of piperidine rings is 1. The fourth-order valence-electron chi connectivity index (χ4n) is 2.36. The van der Waals surface area contributed by atoms with Gasteiger partial charge in [0.15, 0.2) is 0 Å². The van der Waals surface area contributed by atoms with E-state index in [4.69, 9.17) is 5.11 Å². The second-order valence-corrected chi connectivity index (χ2v) is 4.80. The molecule has 1 aliphatic rings. The Bertz CT molecular complexity index is 533. The van der Waals surface area contributed by atoms with Gasteiger partial charge in [0.05, 0.1) is 5.56 Å². The first-order valence-electron chi connectivity index (χ1n) is 6.71. The summed E-state index contributed by atoms with van der Waals surface area (Å²) in [5, 5.41) is 18.0. The Morgan fingerprint density at radius 3 is 3.10 bits per heavy atom. The normalized spacial score (nSPS) is 18.3. The molecule has 5 heteroatoms. The zero-order chi connectivity index (χ0) is 14.4. The monoisotopic (exact) mass is 274 g/mol. The fourth-order valence-corrected chi connectivity index (χ4v) is 2.36. The van der Waals surface area contributed by atoms with Gasteiger partial charge in [-0.2, -0.15) is 0 Å². The Kier molecular flexibility index (Phi) is 5.10.